The first kappa shape index (κ1) is 20.6. The summed E-state index contributed by atoms with van der Waals surface area (Å²) in [6, 6.07) is 8.94. The van der Waals surface area contributed by atoms with Gasteiger partial charge in [0.1, 0.15) is 5.82 Å². The highest BCUT2D eigenvalue weighted by atomic mass is 79.9. The summed E-state index contributed by atoms with van der Waals surface area (Å²) in [5, 5.41) is 7.79. The fourth-order valence-electron chi connectivity index (χ4n) is 2.47. The summed E-state index contributed by atoms with van der Waals surface area (Å²) in [4.78, 5) is 36.3. The number of hydrogen-bond donors (Lipinski definition) is 3. The average molecular weight is 436 g/mol. The van der Waals surface area contributed by atoms with E-state index in [9.17, 15) is 18.8 Å². The maximum absolute atomic E-state index is 13.3. The summed E-state index contributed by atoms with van der Waals surface area (Å²) in [5.74, 6) is -1.67. The van der Waals surface area contributed by atoms with E-state index in [1.165, 1.54) is 19.2 Å². The Labute approximate surface area is 164 Å². The number of rotatable bonds is 6. The lowest BCUT2D eigenvalue weighted by Crippen LogP contribution is -2.28. The zero-order chi connectivity index (χ0) is 20.0. The van der Waals surface area contributed by atoms with E-state index in [0.29, 0.717) is 15.7 Å². The van der Waals surface area contributed by atoms with Crippen LogP contribution in [0.25, 0.3) is 0 Å². The van der Waals surface area contributed by atoms with Crippen LogP contribution in [0.1, 0.15) is 32.7 Å². The van der Waals surface area contributed by atoms with Crippen molar-refractivity contribution in [2.45, 2.75) is 13.3 Å². The second kappa shape index (κ2) is 9.27. The monoisotopic (exact) mass is 435 g/mol. The third kappa shape index (κ3) is 5.37. The molecule has 0 saturated carbocycles. The summed E-state index contributed by atoms with van der Waals surface area (Å²) < 4.78 is 13.7. The van der Waals surface area contributed by atoms with Crippen LogP contribution in [0.4, 0.5) is 10.1 Å². The molecule has 0 aromatic heterocycles. The molecule has 3 N–H and O–H groups in total. The largest absolute Gasteiger partial charge is 0.355 e. The number of benzene rings is 2. The summed E-state index contributed by atoms with van der Waals surface area (Å²) in [7, 11) is 1.51. The molecule has 0 saturated heterocycles. The maximum atomic E-state index is 13.3. The molecule has 0 fully saturated rings. The Morgan fingerprint density at radius 2 is 1.85 bits per heavy atom. The number of halogens is 2. The fourth-order valence-corrected chi connectivity index (χ4v) is 2.89. The van der Waals surface area contributed by atoms with Crippen molar-refractivity contribution in [2.75, 3.05) is 18.9 Å². The lowest BCUT2D eigenvalue weighted by molar-refractivity contribution is -0.116. The predicted octanol–water partition coefficient (Wildman–Crippen LogP) is 3.01. The number of hydrogen-bond acceptors (Lipinski definition) is 3. The Hall–Kier alpha value is -2.74. The highest BCUT2D eigenvalue weighted by Crippen LogP contribution is 2.20. The minimum absolute atomic E-state index is 0.000198. The molecule has 6 nitrogen and oxygen atoms in total. The Balaban J connectivity index is 1.96. The first-order chi connectivity index (χ1) is 12.8. The van der Waals surface area contributed by atoms with E-state index < -0.39 is 11.7 Å². The minimum Gasteiger partial charge on any atom is -0.355 e. The standard InChI is InChI=1S/C19H19BrFN3O3/c1-11-4-3-5-15(17(11)19(27)22-2)24-16(25)8-9-23-18(26)13-10-12(21)6-7-14(13)20/h3-7,10H,8-9H2,1-2H3,(H,22,27)(H,23,26)(H,24,25). The van der Waals surface area contributed by atoms with Crippen molar-refractivity contribution in [1.29, 1.82) is 0 Å². The number of carbonyl (C=O) groups excluding carboxylic acids is 3. The first-order valence-corrected chi connectivity index (χ1v) is 8.97. The highest BCUT2D eigenvalue weighted by molar-refractivity contribution is 9.10. The van der Waals surface area contributed by atoms with Crippen molar-refractivity contribution in [1.82, 2.24) is 10.6 Å². The molecular weight excluding hydrogens is 417 g/mol. The Morgan fingerprint density at radius 1 is 1.11 bits per heavy atom. The summed E-state index contributed by atoms with van der Waals surface area (Å²) in [5.41, 5.74) is 1.67. The molecule has 3 amide bonds. The molecule has 2 aromatic rings. The van der Waals surface area contributed by atoms with Gasteiger partial charge in [0.25, 0.3) is 11.8 Å². The van der Waals surface area contributed by atoms with Gasteiger partial charge in [0.15, 0.2) is 0 Å². The zero-order valence-electron chi connectivity index (χ0n) is 14.9. The van der Waals surface area contributed by atoms with Crippen LogP contribution in [-0.4, -0.2) is 31.3 Å². The molecule has 0 bridgehead atoms. The normalized spacial score (nSPS) is 10.2. The van der Waals surface area contributed by atoms with E-state index in [1.54, 1.807) is 25.1 Å². The molecule has 0 unspecified atom stereocenters. The fraction of sp³-hybridized carbons (Fsp3) is 0.211. The number of amides is 3. The van der Waals surface area contributed by atoms with Crippen molar-refractivity contribution in [3.05, 3.63) is 63.4 Å². The van der Waals surface area contributed by atoms with E-state index in [-0.39, 0.29) is 30.3 Å². The van der Waals surface area contributed by atoms with E-state index in [0.717, 1.165) is 11.6 Å². The van der Waals surface area contributed by atoms with Crippen molar-refractivity contribution < 1.29 is 18.8 Å². The Morgan fingerprint density at radius 3 is 2.56 bits per heavy atom. The second-order valence-electron chi connectivity index (χ2n) is 5.75. The van der Waals surface area contributed by atoms with Gasteiger partial charge in [-0.15, -0.1) is 0 Å². The summed E-state index contributed by atoms with van der Waals surface area (Å²) >= 11 is 3.19. The quantitative estimate of drug-likeness (QED) is 0.651. The molecule has 27 heavy (non-hydrogen) atoms. The van der Waals surface area contributed by atoms with Crippen molar-refractivity contribution in [2.24, 2.45) is 0 Å². The molecular formula is C19H19BrFN3O3. The SMILES string of the molecule is CNC(=O)c1c(C)cccc1NC(=O)CCNC(=O)c1cc(F)ccc1Br. The zero-order valence-corrected chi connectivity index (χ0v) is 16.4. The van der Waals surface area contributed by atoms with Gasteiger partial charge in [0, 0.05) is 24.5 Å². The van der Waals surface area contributed by atoms with Crippen molar-refractivity contribution in [3.63, 3.8) is 0 Å². The lowest BCUT2D eigenvalue weighted by Gasteiger charge is -2.13. The van der Waals surface area contributed by atoms with E-state index in [4.69, 9.17) is 0 Å². The van der Waals surface area contributed by atoms with Gasteiger partial charge in [-0.2, -0.15) is 0 Å². The third-order valence-electron chi connectivity index (χ3n) is 3.81. The van der Waals surface area contributed by atoms with Crippen LogP contribution in [0.3, 0.4) is 0 Å². The number of anilines is 1. The molecule has 0 aliphatic carbocycles. The second-order valence-corrected chi connectivity index (χ2v) is 6.61. The van der Waals surface area contributed by atoms with E-state index in [1.807, 2.05) is 0 Å². The van der Waals surface area contributed by atoms with Gasteiger partial charge < -0.3 is 16.0 Å². The van der Waals surface area contributed by atoms with Crippen molar-refractivity contribution in [3.8, 4) is 0 Å². The molecule has 142 valence electrons. The van der Waals surface area contributed by atoms with Crippen LogP contribution < -0.4 is 16.0 Å². The topological polar surface area (TPSA) is 87.3 Å². The molecule has 2 aromatic carbocycles. The lowest BCUT2D eigenvalue weighted by atomic mass is 10.1. The van der Waals surface area contributed by atoms with Crippen LogP contribution >= 0.6 is 15.9 Å². The van der Waals surface area contributed by atoms with E-state index >= 15 is 0 Å². The molecule has 0 spiro atoms. The Kier molecular flexibility index (Phi) is 7.06. The van der Waals surface area contributed by atoms with Crippen LogP contribution in [0.2, 0.25) is 0 Å². The third-order valence-corrected chi connectivity index (χ3v) is 4.50. The molecule has 8 heteroatoms. The molecule has 0 atom stereocenters. The van der Waals surface area contributed by atoms with Crippen LogP contribution in [0.5, 0.6) is 0 Å². The van der Waals surface area contributed by atoms with Crippen LogP contribution in [0.15, 0.2) is 40.9 Å². The Bertz CT molecular complexity index is 886. The van der Waals surface area contributed by atoms with Crippen molar-refractivity contribution >= 4 is 39.3 Å². The molecule has 0 aliphatic heterocycles. The number of carbonyl (C=O) groups is 3. The van der Waals surface area contributed by atoms with Gasteiger partial charge in [0.2, 0.25) is 5.91 Å². The molecule has 0 heterocycles. The summed E-state index contributed by atoms with van der Waals surface area (Å²) in [6.07, 6.45) is -0.000198. The average Bonchev–Trinajstić information content (AvgIpc) is 2.63. The first-order valence-electron chi connectivity index (χ1n) is 8.18. The van der Waals surface area contributed by atoms with Gasteiger partial charge in [-0.3, -0.25) is 14.4 Å². The highest BCUT2D eigenvalue weighted by Gasteiger charge is 2.15. The van der Waals surface area contributed by atoms with Gasteiger partial charge in [-0.25, -0.2) is 4.39 Å². The number of aryl methyl sites for hydroxylation is 1. The number of nitrogens with one attached hydrogen (secondary N) is 3. The molecule has 0 aliphatic rings. The predicted molar refractivity (Wildman–Crippen MR) is 104 cm³/mol. The summed E-state index contributed by atoms with van der Waals surface area (Å²) in [6.45, 7) is 1.84. The smallest absolute Gasteiger partial charge is 0.253 e. The maximum Gasteiger partial charge on any atom is 0.253 e. The van der Waals surface area contributed by atoms with Gasteiger partial charge in [0.05, 0.1) is 16.8 Å². The van der Waals surface area contributed by atoms with Crippen LogP contribution in [-0.2, 0) is 4.79 Å². The molecule has 2 rings (SSSR count). The van der Waals surface area contributed by atoms with Crippen LogP contribution in [0, 0.1) is 12.7 Å². The van der Waals surface area contributed by atoms with Gasteiger partial charge in [-0.1, -0.05) is 12.1 Å². The van der Waals surface area contributed by atoms with Gasteiger partial charge in [-0.05, 0) is 52.7 Å². The van der Waals surface area contributed by atoms with E-state index in [2.05, 4.69) is 31.9 Å². The van der Waals surface area contributed by atoms with Gasteiger partial charge >= 0.3 is 0 Å². The molecule has 0 radical (unpaired) electrons. The minimum atomic E-state index is -0.526.